The molecule has 0 aliphatic heterocycles. The molecular weight excluding hydrogens is 641 g/mol. The second-order valence-electron chi connectivity index (χ2n) is 16.2. The molecule has 0 aromatic carbocycles. The molecule has 0 heterocycles. The molecular formula is C48H92O4. The van der Waals surface area contributed by atoms with Gasteiger partial charge in [0.15, 0.2) is 0 Å². The van der Waals surface area contributed by atoms with Crippen LogP contribution in [0.3, 0.4) is 0 Å². The van der Waals surface area contributed by atoms with Crippen LogP contribution in [0.5, 0.6) is 0 Å². The molecule has 0 bridgehead atoms. The number of esters is 1. The molecule has 4 nitrogen and oxygen atoms in total. The van der Waals surface area contributed by atoms with Crippen molar-refractivity contribution in [3.05, 3.63) is 12.2 Å². The van der Waals surface area contributed by atoms with Crippen LogP contribution in [0.25, 0.3) is 0 Å². The minimum atomic E-state index is -0.653. The maximum atomic E-state index is 12.0. The van der Waals surface area contributed by atoms with Crippen LogP contribution in [0.15, 0.2) is 12.2 Å². The Kier molecular flexibility index (Phi) is 44.7. The van der Waals surface area contributed by atoms with Crippen molar-refractivity contribution >= 4 is 11.9 Å². The molecule has 0 rings (SSSR count). The standard InChI is InChI=1S/C48H92O4/c1-2-3-4-5-6-7-8-26-30-33-36-39-42-45-48(51)52-46-43-40-37-34-31-28-25-23-21-19-17-15-13-11-9-10-12-14-16-18-20-22-24-27-29-32-35-38-41-44-47(49)50/h7-8H,2-6,9-46H2,1H3,(H,49,50)/b8-7-. The first-order chi connectivity index (χ1) is 25.7. The van der Waals surface area contributed by atoms with Gasteiger partial charge in [-0.1, -0.05) is 231 Å². The van der Waals surface area contributed by atoms with Crippen LogP contribution in [0, 0.1) is 0 Å². The Labute approximate surface area is 325 Å². The van der Waals surface area contributed by atoms with Crippen LogP contribution in [-0.2, 0) is 14.3 Å². The van der Waals surface area contributed by atoms with Gasteiger partial charge in [-0.25, -0.2) is 0 Å². The zero-order valence-electron chi connectivity index (χ0n) is 35.2. The normalized spacial score (nSPS) is 11.6. The number of rotatable bonds is 45. The van der Waals surface area contributed by atoms with Gasteiger partial charge in [0.2, 0.25) is 0 Å². The predicted octanol–water partition coefficient (Wildman–Crippen LogP) is 16.6. The smallest absolute Gasteiger partial charge is 0.305 e. The topological polar surface area (TPSA) is 63.6 Å². The van der Waals surface area contributed by atoms with Crippen LogP contribution in [0.1, 0.15) is 277 Å². The summed E-state index contributed by atoms with van der Waals surface area (Å²) in [5, 5.41) is 8.66. The van der Waals surface area contributed by atoms with Crippen molar-refractivity contribution in [2.75, 3.05) is 6.61 Å². The summed E-state index contributed by atoms with van der Waals surface area (Å²) in [6.07, 6.45) is 58.5. The first-order valence-corrected chi connectivity index (χ1v) is 23.7. The second-order valence-corrected chi connectivity index (χ2v) is 16.2. The molecule has 308 valence electrons. The number of carbonyl (C=O) groups excluding carboxylic acids is 1. The molecule has 0 amide bonds. The number of carboxylic acids is 1. The van der Waals surface area contributed by atoms with Crippen LogP contribution in [0.4, 0.5) is 0 Å². The lowest BCUT2D eigenvalue weighted by Crippen LogP contribution is -2.05. The zero-order valence-corrected chi connectivity index (χ0v) is 35.2. The third-order valence-corrected chi connectivity index (χ3v) is 10.9. The number of ether oxygens (including phenoxy) is 1. The predicted molar refractivity (Wildman–Crippen MR) is 227 cm³/mol. The summed E-state index contributed by atoms with van der Waals surface area (Å²) >= 11 is 0. The van der Waals surface area contributed by atoms with E-state index in [-0.39, 0.29) is 5.97 Å². The molecule has 0 radical (unpaired) electrons. The number of hydrogen-bond donors (Lipinski definition) is 1. The Balaban J connectivity index is 3.15. The van der Waals surface area contributed by atoms with E-state index in [9.17, 15) is 9.59 Å². The fourth-order valence-electron chi connectivity index (χ4n) is 7.40. The van der Waals surface area contributed by atoms with Crippen LogP contribution < -0.4 is 0 Å². The molecule has 1 N–H and O–H groups in total. The molecule has 4 heteroatoms. The van der Waals surface area contributed by atoms with E-state index in [0.29, 0.717) is 19.4 Å². The number of carboxylic acid groups (broad SMARTS) is 1. The number of unbranched alkanes of at least 4 members (excludes halogenated alkanes) is 37. The van der Waals surface area contributed by atoms with Gasteiger partial charge >= 0.3 is 11.9 Å². The molecule has 0 aromatic rings. The van der Waals surface area contributed by atoms with E-state index in [4.69, 9.17) is 9.84 Å². The highest BCUT2D eigenvalue weighted by molar-refractivity contribution is 5.69. The summed E-state index contributed by atoms with van der Waals surface area (Å²) in [6, 6.07) is 0. The third-order valence-electron chi connectivity index (χ3n) is 10.9. The van der Waals surface area contributed by atoms with Crippen LogP contribution in [0.2, 0.25) is 0 Å². The Morgan fingerprint density at radius 3 is 0.962 bits per heavy atom. The minimum absolute atomic E-state index is 0.0122. The van der Waals surface area contributed by atoms with Crippen molar-refractivity contribution in [1.29, 1.82) is 0 Å². The summed E-state index contributed by atoms with van der Waals surface area (Å²) in [5.41, 5.74) is 0. The molecule has 0 aliphatic rings. The SMILES string of the molecule is CCCCCC/C=C\CCCCCCCC(=O)OCCCCCCCCCCCCCCCCCCCCCCCCCCCCCCCC(=O)O. The molecule has 52 heavy (non-hydrogen) atoms. The quantitative estimate of drug-likeness (QED) is 0.0385. The third kappa shape index (κ3) is 46.7. The monoisotopic (exact) mass is 733 g/mol. The Morgan fingerprint density at radius 1 is 0.365 bits per heavy atom. The number of allylic oxidation sites excluding steroid dienone is 2. The van der Waals surface area contributed by atoms with Gasteiger partial charge in [-0.15, -0.1) is 0 Å². The fourth-order valence-corrected chi connectivity index (χ4v) is 7.40. The van der Waals surface area contributed by atoms with E-state index in [0.717, 1.165) is 32.1 Å². The molecule has 0 aliphatic carbocycles. The first-order valence-electron chi connectivity index (χ1n) is 23.7. The first kappa shape index (κ1) is 50.7. The van der Waals surface area contributed by atoms with E-state index in [1.165, 1.54) is 225 Å². The zero-order chi connectivity index (χ0) is 37.7. The molecule has 0 saturated heterocycles. The lowest BCUT2D eigenvalue weighted by atomic mass is 10.0. The Morgan fingerprint density at radius 2 is 0.635 bits per heavy atom. The Bertz CT molecular complexity index is 732. The highest BCUT2D eigenvalue weighted by atomic mass is 16.5. The Hall–Kier alpha value is -1.32. The van der Waals surface area contributed by atoms with Crippen molar-refractivity contribution in [2.45, 2.75) is 277 Å². The lowest BCUT2D eigenvalue weighted by molar-refractivity contribution is -0.144. The average molecular weight is 733 g/mol. The highest BCUT2D eigenvalue weighted by Crippen LogP contribution is 2.17. The van der Waals surface area contributed by atoms with E-state index in [2.05, 4.69) is 19.1 Å². The van der Waals surface area contributed by atoms with Crippen molar-refractivity contribution < 1.29 is 19.4 Å². The molecule has 0 unspecified atom stereocenters. The van der Waals surface area contributed by atoms with Gasteiger partial charge in [0.25, 0.3) is 0 Å². The second kappa shape index (κ2) is 45.8. The van der Waals surface area contributed by atoms with Gasteiger partial charge in [-0.2, -0.15) is 0 Å². The van der Waals surface area contributed by atoms with Gasteiger partial charge in [-0.3, -0.25) is 9.59 Å². The molecule has 0 saturated carbocycles. The van der Waals surface area contributed by atoms with Crippen LogP contribution >= 0.6 is 0 Å². The maximum absolute atomic E-state index is 12.0. The van der Waals surface area contributed by atoms with Gasteiger partial charge in [0.05, 0.1) is 6.61 Å². The van der Waals surface area contributed by atoms with Gasteiger partial charge in [-0.05, 0) is 44.9 Å². The summed E-state index contributed by atoms with van der Waals surface area (Å²) in [5.74, 6) is -0.641. The van der Waals surface area contributed by atoms with Crippen molar-refractivity contribution in [1.82, 2.24) is 0 Å². The number of carbonyl (C=O) groups is 2. The summed E-state index contributed by atoms with van der Waals surface area (Å²) < 4.78 is 5.46. The summed E-state index contributed by atoms with van der Waals surface area (Å²) in [4.78, 5) is 22.5. The number of hydrogen-bond acceptors (Lipinski definition) is 3. The fraction of sp³-hybridized carbons (Fsp3) is 0.917. The van der Waals surface area contributed by atoms with Crippen molar-refractivity contribution in [2.24, 2.45) is 0 Å². The lowest BCUT2D eigenvalue weighted by Gasteiger charge is -2.06. The molecule has 0 atom stereocenters. The molecule has 0 fully saturated rings. The molecule has 0 aromatic heterocycles. The molecule has 0 spiro atoms. The van der Waals surface area contributed by atoms with Gasteiger partial charge in [0.1, 0.15) is 0 Å². The van der Waals surface area contributed by atoms with Crippen molar-refractivity contribution in [3.63, 3.8) is 0 Å². The van der Waals surface area contributed by atoms with E-state index < -0.39 is 5.97 Å². The van der Waals surface area contributed by atoms with Crippen molar-refractivity contribution in [3.8, 4) is 0 Å². The summed E-state index contributed by atoms with van der Waals surface area (Å²) in [7, 11) is 0. The minimum Gasteiger partial charge on any atom is -0.481 e. The van der Waals surface area contributed by atoms with Gasteiger partial charge < -0.3 is 9.84 Å². The largest absolute Gasteiger partial charge is 0.481 e. The maximum Gasteiger partial charge on any atom is 0.305 e. The highest BCUT2D eigenvalue weighted by Gasteiger charge is 2.03. The average Bonchev–Trinajstić information content (AvgIpc) is 3.13. The van der Waals surface area contributed by atoms with E-state index >= 15 is 0 Å². The van der Waals surface area contributed by atoms with E-state index in [1.54, 1.807) is 0 Å². The van der Waals surface area contributed by atoms with Crippen LogP contribution in [-0.4, -0.2) is 23.7 Å². The number of aliphatic carboxylic acids is 1. The van der Waals surface area contributed by atoms with Gasteiger partial charge in [0, 0.05) is 12.8 Å². The van der Waals surface area contributed by atoms with E-state index in [1.807, 2.05) is 0 Å². The summed E-state index contributed by atoms with van der Waals surface area (Å²) in [6.45, 7) is 2.89.